The van der Waals surface area contributed by atoms with Crippen LogP contribution in [0.3, 0.4) is 0 Å². The summed E-state index contributed by atoms with van der Waals surface area (Å²) in [5.41, 5.74) is -1.03. The zero-order valence-electron chi connectivity index (χ0n) is 10.2. The van der Waals surface area contributed by atoms with Crippen LogP contribution >= 0.6 is 0 Å². The van der Waals surface area contributed by atoms with E-state index < -0.39 is 23.0 Å². The van der Waals surface area contributed by atoms with Crippen LogP contribution in [-0.4, -0.2) is 17.6 Å². The van der Waals surface area contributed by atoms with Crippen LogP contribution in [0.15, 0.2) is 0 Å². The molecule has 1 aliphatic carbocycles. The van der Waals surface area contributed by atoms with Gasteiger partial charge in [0.2, 0.25) is 5.91 Å². The lowest BCUT2D eigenvalue weighted by Gasteiger charge is -2.46. The first-order valence-corrected chi connectivity index (χ1v) is 6.04. The van der Waals surface area contributed by atoms with Gasteiger partial charge in [0.1, 0.15) is 0 Å². The van der Waals surface area contributed by atoms with Crippen molar-refractivity contribution in [3.63, 3.8) is 0 Å². The van der Waals surface area contributed by atoms with Gasteiger partial charge in [-0.1, -0.05) is 6.42 Å². The number of halogens is 3. The summed E-state index contributed by atoms with van der Waals surface area (Å²) in [6, 6.07) is 0. The van der Waals surface area contributed by atoms with E-state index in [1.165, 1.54) is 0 Å². The van der Waals surface area contributed by atoms with Crippen LogP contribution in [0, 0.1) is 11.3 Å². The van der Waals surface area contributed by atoms with E-state index in [0.717, 1.165) is 0 Å². The highest BCUT2D eigenvalue weighted by Gasteiger charge is 2.57. The second-order valence-electron chi connectivity index (χ2n) is 5.97. The molecule has 98 valence electrons. The second-order valence-corrected chi connectivity index (χ2v) is 5.97. The number of nitrogens with one attached hydrogen (secondary N) is 1. The average Bonchev–Trinajstić information content (AvgIpc) is 2.34. The molecule has 1 N–H and O–H groups in total. The summed E-state index contributed by atoms with van der Waals surface area (Å²) in [5, 5.41) is 2.82. The monoisotopic (exact) mass is 249 g/mol. The Bertz CT molecular complexity index is 337. The summed E-state index contributed by atoms with van der Waals surface area (Å²) in [6.45, 7) is 3.69. The van der Waals surface area contributed by atoms with Crippen molar-refractivity contribution in [2.45, 2.75) is 57.7 Å². The lowest BCUT2D eigenvalue weighted by molar-refractivity contribution is -0.195. The smallest absolute Gasteiger partial charge is 0.351 e. The summed E-state index contributed by atoms with van der Waals surface area (Å²) in [5.74, 6) is -1.36. The first-order valence-electron chi connectivity index (χ1n) is 6.04. The molecule has 0 aromatic carbocycles. The Morgan fingerprint density at radius 1 is 1.35 bits per heavy atom. The van der Waals surface area contributed by atoms with E-state index in [4.69, 9.17) is 0 Å². The maximum atomic E-state index is 12.8. The number of amides is 1. The molecule has 1 saturated heterocycles. The van der Waals surface area contributed by atoms with Gasteiger partial charge < -0.3 is 5.32 Å². The first kappa shape index (κ1) is 12.7. The minimum Gasteiger partial charge on any atom is -0.351 e. The zero-order valence-corrected chi connectivity index (χ0v) is 10.2. The summed E-state index contributed by atoms with van der Waals surface area (Å²) < 4.78 is 38.5. The molecule has 2 fully saturated rings. The van der Waals surface area contributed by atoms with E-state index in [0.29, 0.717) is 12.8 Å². The number of carbonyl (C=O) groups excluding carboxylic acids is 1. The van der Waals surface area contributed by atoms with Crippen LogP contribution in [-0.2, 0) is 4.79 Å². The van der Waals surface area contributed by atoms with Crippen molar-refractivity contribution in [2.24, 2.45) is 11.3 Å². The third-order valence-electron chi connectivity index (χ3n) is 4.58. The molecule has 5 heteroatoms. The van der Waals surface area contributed by atoms with Gasteiger partial charge >= 0.3 is 6.18 Å². The average molecular weight is 249 g/mol. The molecule has 0 aromatic heterocycles. The standard InChI is InChI=1S/C12H18F3NO/c1-10(2)11(7-9(17)16-10)5-3-4-8(6-11)12(13,14)15/h8H,3-7H2,1-2H3,(H,16,17). The second kappa shape index (κ2) is 3.62. The molecule has 1 amide bonds. The fraction of sp³-hybridized carbons (Fsp3) is 0.917. The van der Waals surface area contributed by atoms with Gasteiger partial charge in [-0.2, -0.15) is 13.2 Å². The molecule has 2 aliphatic rings. The lowest BCUT2D eigenvalue weighted by Crippen LogP contribution is -2.50. The molecule has 1 aliphatic heterocycles. The fourth-order valence-electron chi connectivity index (χ4n) is 3.42. The van der Waals surface area contributed by atoms with Crippen molar-refractivity contribution in [3.8, 4) is 0 Å². The Kier molecular flexibility index (Phi) is 2.71. The molecule has 2 atom stereocenters. The molecule has 1 saturated carbocycles. The Labute approximate surface area is 98.9 Å². The summed E-state index contributed by atoms with van der Waals surface area (Å²) in [4.78, 5) is 11.5. The van der Waals surface area contributed by atoms with Crippen LogP contribution in [0.4, 0.5) is 13.2 Å². The van der Waals surface area contributed by atoms with Gasteiger partial charge in [0, 0.05) is 17.4 Å². The number of hydrogen-bond acceptors (Lipinski definition) is 1. The predicted octanol–water partition coefficient (Wildman–Crippen LogP) is 3.02. The minimum absolute atomic E-state index is 0.0856. The van der Waals surface area contributed by atoms with Crippen molar-refractivity contribution < 1.29 is 18.0 Å². The molecule has 2 nitrogen and oxygen atoms in total. The largest absolute Gasteiger partial charge is 0.391 e. The Hall–Kier alpha value is -0.740. The van der Waals surface area contributed by atoms with Gasteiger partial charge in [-0.05, 0) is 33.1 Å². The quantitative estimate of drug-likeness (QED) is 0.702. The van der Waals surface area contributed by atoms with E-state index in [-0.39, 0.29) is 25.2 Å². The highest BCUT2D eigenvalue weighted by Crippen LogP contribution is 2.55. The number of alkyl halides is 3. The van der Waals surface area contributed by atoms with Crippen molar-refractivity contribution in [1.82, 2.24) is 5.32 Å². The molecule has 17 heavy (non-hydrogen) atoms. The number of rotatable bonds is 0. The molecule has 2 unspecified atom stereocenters. The molecular formula is C12H18F3NO. The first-order chi connectivity index (χ1) is 7.66. The van der Waals surface area contributed by atoms with Gasteiger partial charge in [0.15, 0.2) is 0 Å². The number of hydrogen-bond donors (Lipinski definition) is 1. The van der Waals surface area contributed by atoms with Crippen LogP contribution in [0.2, 0.25) is 0 Å². The van der Waals surface area contributed by atoms with Crippen molar-refractivity contribution in [3.05, 3.63) is 0 Å². The predicted molar refractivity (Wildman–Crippen MR) is 57.3 cm³/mol. The van der Waals surface area contributed by atoms with E-state index in [9.17, 15) is 18.0 Å². The molecular weight excluding hydrogens is 231 g/mol. The summed E-state index contributed by atoms with van der Waals surface area (Å²) >= 11 is 0. The Morgan fingerprint density at radius 3 is 2.47 bits per heavy atom. The van der Waals surface area contributed by atoms with Gasteiger partial charge in [-0.25, -0.2) is 0 Å². The third kappa shape index (κ3) is 2.04. The third-order valence-corrected chi connectivity index (χ3v) is 4.58. The highest BCUT2D eigenvalue weighted by atomic mass is 19.4. The zero-order chi connectivity index (χ0) is 12.9. The van der Waals surface area contributed by atoms with E-state index >= 15 is 0 Å². The maximum absolute atomic E-state index is 12.8. The van der Waals surface area contributed by atoms with Gasteiger partial charge in [0.05, 0.1) is 5.92 Å². The van der Waals surface area contributed by atoms with Crippen molar-refractivity contribution in [2.75, 3.05) is 0 Å². The van der Waals surface area contributed by atoms with Crippen LogP contribution in [0.25, 0.3) is 0 Å². The molecule has 2 rings (SSSR count). The minimum atomic E-state index is -4.13. The molecule has 0 bridgehead atoms. The molecule has 1 spiro atoms. The Morgan fingerprint density at radius 2 is 2.00 bits per heavy atom. The fourth-order valence-corrected chi connectivity index (χ4v) is 3.42. The van der Waals surface area contributed by atoms with E-state index in [2.05, 4.69) is 5.32 Å². The van der Waals surface area contributed by atoms with Crippen LogP contribution < -0.4 is 5.32 Å². The van der Waals surface area contributed by atoms with Gasteiger partial charge in [-0.3, -0.25) is 4.79 Å². The summed E-state index contributed by atoms with van der Waals surface area (Å²) in [7, 11) is 0. The van der Waals surface area contributed by atoms with Crippen LogP contribution in [0.1, 0.15) is 46.0 Å². The topological polar surface area (TPSA) is 29.1 Å². The molecule has 0 aromatic rings. The highest BCUT2D eigenvalue weighted by molar-refractivity contribution is 5.80. The van der Waals surface area contributed by atoms with Gasteiger partial charge in [-0.15, -0.1) is 0 Å². The van der Waals surface area contributed by atoms with E-state index in [1.807, 2.05) is 13.8 Å². The molecule has 1 heterocycles. The normalized spacial score (nSPS) is 37.2. The van der Waals surface area contributed by atoms with Crippen molar-refractivity contribution in [1.29, 1.82) is 0 Å². The van der Waals surface area contributed by atoms with E-state index in [1.54, 1.807) is 0 Å². The molecule has 0 radical (unpaired) electrons. The Balaban J connectivity index is 2.24. The SMILES string of the molecule is CC1(C)NC(=O)CC12CCCC(C(F)(F)F)C2. The van der Waals surface area contributed by atoms with Gasteiger partial charge in [0.25, 0.3) is 0 Å². The van der Waals surface area contributed by atoms with Crippen molar-refractivity contribution >= 4 is 5.91 Å². The summed E-state index contributed by atoms with van der Waals surface area (Å²) in [6.07, 6.45) is -2.33. The van der Waals surface area contributed by atoms with Crippen LogP contribution in [0.5, 0.6) is 0 Å². The number of carbonyl (C=O) groups is 1. The maximum Gasteiger partial charge on any atom is 0.391 e. The lowest BCUT2D eigenvalue weighted by atomic mass is 9.60.